The standard InChI is InChI=1S/C38H72N2O8/c1-3-5-7-9-11-13-15-17-19-21-23-25-29-40(33(43)26-24-22-20-18-16-14-12-10-8-6-4-2)38-35(39-32(42)27-28-34(44)45)37(47)36(46)31(30-41)48-38/h31,35-38,41,46-47H,3-30H2,1-2H3,(H,39,42)(H,44,45)/t31-,35-,36-,37-,38-/m1/s1. The van der Waals surface area contributed by atoms with E-state index in [-0.39, 0.29) is 18.7 Å². The first-order valence-electron chi connectivity index (χ1n) is 19.7. The maximum atomic E-state index is 13.7. The molecular weight excluding hydrogens is 612 g/mol. The largest absolute Gasteiger partial charge is 0.481 e. The molecule has 0 aromatic rings. The molecule has 1 saturated heterocycles. The average molecular weight is 685 g/mol. The zero-order valence-electron chi connectivity index (χ0n) is 30.6. The summed E-state index contributed by atoms with van der Waals surface area (Å²) in [5.41, 5.74) is 0. The van der Waals surface area contributed by atoms with E-state index < -0.39 is 49.1 Å². The van der Waals surface area contributed by atoms with Gasteiger partial charge in [0.2, 0.25) is 11.8 Å². The molecule has 0 unspecified atom stereocenters. The SMILES string of the molecule is CCCCCCCCCCCCCCN(C(=O)CCCCCCCCCCCCC)[C@@H]1O[C@H](CO)[C@@H](O)[C@H](O)[C@H]1NC(=O)CCC(=O)O. The van der Waals surface area contributed by atoms with Crippen molar-refractivity contribution in [3.63, 3.8) is 0 Å². The highest BCUT2D eigenvalue weighted by molar-refractivity contribution is 5.81. The zero-order valence-corrected chi connectivity index (χ0v) is 30.6. The zero-order chi connectivity index (χ0) is 35.4. The fraction of sp³-hybridized carbons (Fsp3) is 0.921. The van der Waals surface area contributed by atoms with E-state index in [0.717, 1.165) is 51.4 Å². The minimum absolute atomic E-state index is 0.149. The molecule has 1 rings (SSSR count). The summed E-state index contributed by atoms with van der Waals surface area (Å²) in [5.74, 6) is -1.89. The lowest BCUT2D eigenvalue weighted by atomic mass is 9.94. The lowest BCUT2D eigenvalue weighted by molar-refractivity contribution is -0.231. The molecule has 10 nitrogen and oxygen atoms in total. The van der Waals surface area contributed by atoms with Crippen LogP contribution in [0.15, 0.2) is 0 Å². The minimum atomic E-state index is -1.51. The summed E-state index contributed by atoms with van der Waals surface area (Å²) in [6, 6.07) is -1.16. The minimum Gasteiger partial charge on any atom is -0.481 e. The van der Waals surface area contributed by atoms with Crippen molar-refractivity contribution < 1.29 is 39.5 Å². The Morgan fingerprint density at radius 1 is 0.604 bits per heavy atom. The van der Waals surface area contributed by atoms with Gasteiger partial charge in [0.25, 0.3) is 0 Å². The number of hydrogen-bond donors (Lipinski definition) is 5. The number of nitrogens with zero attached hydrogens (tertiary/aromatic N) is 1. The number of carbonyl (C=O) groups is 3. The van der Waals surface area contributed by atoms with Gasteiger partial charge in [-0.1, -0.05) is 149 Å². The maximum absolute atomic E-state index is 13.7. The van der Waals surface area contributed by atoms with Gasteiger partial charge in [0.05, 0.1) is 13.0 Å². The Hall–Kier alpha value is -1.75. The fourth-order valence-corrected chi connectivity index (χ4v) is 6.60. The van der Waals surface area contributed by atoms with E-state index in [2.05, 4.69) is 19.2 Å². The van der Waals surface area contributed by atoms with Crippen LogP contribution < -0.4 is 5.32 Å². The molecule has 0 saturated carbocycles. The molecule has 1 heterocycles. The highest BCUT2D eigenvalue weighted by Gasteiger charge is 2.48. The predicted molar refractivity (Wildman–Crippen MR) is 190 cm³/mol. The Morgan fingerprint density at radius 3 is 1.48 bits per heavy atom. The van der Waals surface area contributed by atoms with Gasteiger partial charge in [0.1, 0.15) is 24.4 Å². The van der Waals surface area contributed by atoms with Crippen LogP contribution in [0, 0.1) is 0 Å². The molecule has 0 aliphatic carbocycles. The first-order chi connectivity index (χ1) is 23.3. The van der Waals surface area contributed by atoms with E-state index in [9.17, 15) is 29.7 Å². The second-order valence-electron chi connectivity index (χ2n) is 14.0. The van der Waals surface area contributed by atoms with Gasteiger partial charge >= 0.3 is 5.97 Å². The van der Waals surface area contributed by atoms with Crippen LogP contribution in [-0.2, 0) is 19.1 Å². The Bertz CT molecular complexity index is 829. The second kappa shape index (κ2) is 29.0. The van der Waals surface area contributed by atoms with Crippen LogP contribution in [0.5, 0.6) is 0 Å². The molecule has 2 amide bonds. The van der Waals surface area contributed by atoms with Crippen molar-refractivity contribution in [3.8, 4) is 0 Å². The first kappa shape index (κ1) is 44.3. The molecule has 0 spiro atoms. The number of rotatable bonds is 31. The molecule has 282 valence electrons. The molecule has 1 fully saturated rings. The summed E-state index contributed by atoms with van der Waals surface area (Å²) in [6.07, 6.45) is 21.4. The third-order valence-corrected chi connectivity index (χ3v) is 9.67. The van der Waals surface area contributed by atoms with Crippen LogP contribution in [0.4, 0.5) is 0 Å². The number of unbranched alkanes of at least 4 members (excludes halogenated alkanes) is 21. The molecule has 0 radical (unpaired) electrons. The third-order valence-electron chi connectivity index (χ3n) is 9.67. The molecule has 1 aliphatic rings. The Balaban J connectivity index is 2.75. The van der Waals surface area contributed by atoms with Crippen LogP contribution in [0.1, 0.15) is 181 Å². The molecule has 5 N–H and O–H groups in total. The van der Waals surface area contributed by atoms with Crippen molar-refractivity contribution >= 4 is 17.8 Å². The topological polar surface area (TPSA) is 157 Å². The highest BCUT2D eigenvalue weighted by Crippen LogP contribution is 2.26. The van der Waals surface area contributed by atoms with Crippen LogP contribution >= 0.6 is 0 Å². The van der Waals surface area contributed by atoms with Crippen molar-refractivity contribution in [1.29, 1.82) is 0 Å². The Labute approximate surface area is 291 Å². The van der Waals surface area contributed by atoms with E-state index in [1.807, 2.05) is 0 Å². The molecule has 5 atom stereocenters. The van der Waals surface area contributed by atoms with Gasteiger partial charge in [-0.25, -0.2) is 0 Å². The van der Waals surface area contributed by atoms with Gasteiger partial charge in [-0.05, 0) is 12.8 Å². The fourth-order valence-electron chi connectivity index (χ4n) is 6.60. The smallest absolute Gasteiger partial charge is 0.303 e. The summed E-state index contributed by atoms with van der Waals surface area (Å²) in [7, 11) is 0. The third kappa shape index (κ3) is 20.1. The van der Waals surface area contributed by atoms with Crippen LogP contribution in [0.25, 0.3) is 0 Å². The number of carboxylic acids is 1. The molecule has 0 bridgehead atoms. The number of nitrogens with one attached hydrogen (secondary N) is 1. The Morgan fingerprint density at radius 2 is 1.04 bits per heavy atom. The van der Waals surface area contributed by atoms with Gasteiger partial charge in [-0.2, -0.15) is 0 Å². The number of carboxylic acid groups (broad SMARTS) is 1. The lowest BCUT2D eigenvalue weighted by Gasteiger charge is -2.47. The summed E-state index contributed by atoms with van der Waals surface area (Å²) >= 11 is 0. The number of aliphatic hydroxyl groups is 3. The summed E-state index contributed by atoms with van der Waals surface area (Å²) in [5, 5.41) is 43.1. The second-order valence-corrected chi connectivity index (χ2v) is 14.0. The van der Waals surface area contributed by atoms with E-state index in [0.29, 0.717) is 13.0 Å². The quantitative estimate of drug-likeness (QED) is 0.0489. The summed E-state index contributed by atoms with van der Waals surface area (Å²) < 4.78 is 6.02. The van der Waals surface area contributed by atoms with Gasteiger partial charge in [0.15, 0.2) is 6.23 Å². The van der Waals surface area contributed by atoms with Gasteiger partial charge in [0, 0.05) is 19.4 Å². The van der Waals surface area contributed by atoms with E-state index in [1.165, 1.54) is 96.3 Å². The Kier molecular flexibility index (Phi) is 26.8. The van der Waals surface area contributed by atoms with Crippen LogP contribution in [-0.4, -0.2) is 86.8 Å². The summed E-state index contributed by atoms with van der Waals surface area (Å²) in [6.45, 7) is 4.26. The van der Waals surface area contributed by atoms with E-state index in [1.54, 1.807) is 4.90 Å². The normalized spacial score (nSPS) is 20.9. The molecule has 0 aromatic heterocycles. The number of amides is 2. The molecule has 10 heteroatoms. The number of ether oxygens (including phenoxy) is 1. The van der Waals surface area contributed by atoms with Crippen molar-refractivity contribution in [2.45, 2.75) is 211 Å². The van der Waals surface area contributed by atoms with E-state index >= 15 is 0 Å². The van der Waals surface area contributed by atoms with Gasteiger partial charge in [-0.3, -0.25) is 14.4 Å². The van der Waals surface area contributed by atoms with Crippen LogP contribution in [0.3, 0.4) is 0 Å². The average Bonchev–Trinajstić information content (AvgIpc) is 3.07. The molecule has 1 aliphatic heterocycles. The number of aliphatic carboxylic acids is 1. The number of aliphatic hydroxyl groups excluding tert-OH is 3. The number of carbonyl (C=O) groups excluding carboxylic acids is 2. The predicted octanol–water partition coefficient (Wildman–Crippen LogP) is 7.01. The van der Waals surface area contributed by atoms with Crippen molar-refractivity contribution in [1.82, 2.24) is 10.2 Å². The maximum Gasteiger partial charge on any atom is 0.303 e. The van der Waals surface area contributed by atoms with Crippen molar-refractivity contribution in [3.05, 3.63) is 0 Å². The van der Waals surface area contributed by atoms with E-state index in [4.69, 9.17) is 9.84 Å². The molecule has 0 aromatic carbocycles. The van der Waals surface area contributed by atoms with Gasteiger partial charge < -0.3 is 35.4 Å². The molecule has 48 heavy (non-hydrogen) atoms. The van der Waals surface area contributed by atoms with Crippen molar-refractivity contribution in [2.24, 2.45) is 0 Å². The monoisotopic (exact) mass is 685 g/mol. The van der Waals surface area contributed by atoms with Crippen molar-refractivity contribution in [2.75, 3.05) is 13.2 Å². The van der Waals surface area contributed by atoms with Crippen LogP contribution in [0.2, 0.25) is 0 Å². The molecular formula is C38H72N2O8. The first-order valence-corrected chi connectivity index (χ1v) is 19.7. The highest BCUT2D eigenvalue weighted by atomic mass is 16.5. The number of hydrogen-bond acceptors (Lipinski definition) is 7. The van der Waals surface area contributed by atoms with Gasteiger partial charge in [-0.15, -0.1) is 0 Å². The summed E-state index contributed by atoms with van der Waals surface area (Å²) in [4.78, 5) is 38.9. The lowest BCUT2D eigenvalue weighted by Crippen LogP contribution is -2.68.